The molecule has 0 saturated heterocycles. The van der Waals surface area contributed by atoms with Crippen molar-refractivity contribution in [3.63, 3.8) is 0 Å². The van der Waals surface area contributed by atoms with Gasteiger partial charge in [-0.05, 0) is 19.4 Å². The average molecular weight is 296 g/mol. The first-order chi connectivity index (χ1) is 9.97. The lowest BCUT2D eigenvalue weighted by Crippen LogP contribution is -2.28. The Balaban J connectivity index is 2.66. The Labute approximate surface area is 122 Å². The number of rotatable bonds is 8. The van der Waals surface area contributed by atoms with E-state index in [-0.39, 0.29) is 6.54 Å². The van der Waals surface area contributed by atoms with Gasteiger partial charge in [0, 0.05) is 11.8 Å². The zero-order valence-electron chi connectivity index (χ0n) is 12.3. The van der Waals surface area contributed by atoms with Crippen LogP contribution in [0.4, 0.5) is 5.69 Å². The lowest BCUT2D eigenvalue weighted by atomic mass is 10.2. The van der Waals surface area contributed by atoms with Crippen LogP contribution < -0.4 is 5.56 Å². The maximum absolute atomic E-state index is 11.9. The highest BCUT2D eigenvalue weighted by molar-refractivity contribution is 5.69. The van der Waals surface area contributed by atoms with Gasteiger partial charge in [-0.25, -0.2) is 0 Å². The van der Waals surface area contributed by atoms with E-state index in [4.69, 9.17) is 4.74 Å². The largest absolute Gasteiger partial charge is 0.464 e. The van der Waals surface area contributed by atoms with Crippen molar-refractivity contribution in [1.29, 1.82) is 0 Å². The van der Waals surface area contributed by atoms with Crippen molar-refractivity contribution in [3.8, 4) is 0 Å². The number of ether oxygens (including phenoxy) is 1. The van der Waals surface area contributed by atoms with Crippen molar-refractivity contribution < 1.29 is 14.5 Å². The molecule has 7 heteroatoms. The zero-order valence-corrected chi connectivity index (χ0v) is 12.3. The molecule has 0 saturated carbocycles. The standard InChI is InChI=1S/C14H20N2O5/c1-3-4-5-6-9-21-13(17)10-15-11(2)7-8-12(14(15)18)16(19)20/h7-8H,3-6,9-10H2,1-2H3. The van der Waals surface area contributed by atoms with Crippen molar-refractivity contribution in [3.05, 3.63) is 38.3 Å². The van der Waals surface area contributed by atoms with E-state index >= 15 is 0 Å². The minimum Gasteiger partial charge on any atom is -0.464 e. The van der Waals surface area contributed by atoms with Gasteiger partial charge in [-0.2, -0.15) is 0 Å². The number of nitro groups is 1. The molecule has 7 nitrogen and oxygen atoms in total. The van der Waals surface area contributed by atoms with Crippen LogP contribution >= 0.6 is 0 Å². The van der Waals surface area contributed by atoms with Crippen LogP contribution in [0.1, 0.15) is 38.3 Å². The first-order valence-electron chi connectivity index (χ1n) is 6.97. The summed E-state index contributed by atoms with van der Waals surface area (Å²) >= 11 is 0. The molecule has 0 N–H and O–H groups in total. The Morgan fingerprint density at radius 3 is 2.67 bits per heavy atom. The van der Waals surface area contributed by atoms with Crippen LogP contribution in [0.25, 0.3) is 0 Å². The van der Waals surface area contributed by atoms with Gasteiger partial charge in [0.15, 0.2) is 0 Å². The smallest absolute Gasteiger partial charge is 0.334 e. The average Bonchev–Trinajstić information content (AvgIpc) is 2.42. The van der Waals surface area contributed by atoms with Gasteiger partial charge in [-0.3, -0.25) is 24.3 Å². The highest BCUT2D eigenvalue weighted by Crippen LogP contribution is 2.06. The Bertz CT molecular complexity index is 565. The molecule has 0 fully saturated rings. The van der Waals surface area contributed by atoms with E-state index in [2.05, 4.69) is 6.92 Å². The first kappa shape index (κ1) is 16.9. The summed E-state index contributed by atoms with van der Waals surface area (Å²) in [5.74, 6) is -0.558. The number of pyridine rings is 1. The fourth-order valence-corrected chi connectivity index (χ4v) is 1.88. The molecule has 1 aromatic heterocycles. The van der Waals surface area contributed by atoms with E-state index < -0.39 is 22.1 Å². The molecular weight excluding hydrogens is 276 g/mol. The van der Waals surface area contributed by atoms with Gasteiger partial charge < -0.3 is 4.74 Å². The van der Waals surface area contributed by atoms with Gasteiger partial charge >= 0.3 is 17.2 Å². The number of hydrogen-bond donors (Lipinski definition) is 0. The van der Waals surface area contributed by atoms with Gasteiger partial charge in [0.05, 0.1) is 11.5 Å². The van der Waals surface area contributed by atoms with Crippen LogP contribution in [0.15, 0.2) is 16.9 Å². The van der Waals surface area contributed by atoms with Crippen LogP contribution in [0, 0.1) is 17.0 Å². The van der Waals surface area contributed by atoms with Crippen molar-refractivity contribution in [2.24, 2.45) is 0 Å². The number of hydrogen-bond acceptors (Lipinski definition) is 5. The molecule has 0 bridgehead atoms. The molecule has 1 aromatic rings. The summed E-state index contributed by atoms with van der Waals surface area (Å²) in [6.07, 6.45) is 3.94. The van der Waals surface area contributed by atoms with Gasteiger partial charge in [-0.15, -0.1) is 0 Å². The summed E-state index contributed by atoms with van der Waals surface area (Å²) in [4.78, 5) is 33.5. The maximum atomic E-state index is 11.9. The molecule has 116 valence electrons. The minimum atomic E-state index is -0.789. The van der Waals surface area contributed by atoms with E-state index in [0.717, 1.165) is 36.3 Å². The highest BCUT2D eigenvalue weighted by Gasteiger charge is 2.17. The van der Waals surface area contributed by atoms with Gasteiger partial charge in [0.2, 0.25) is 0 Å². The fourth-order valence-electron chi connectivity index (χ4n) is 1.88. The summed E-state index contributed by atoms with van der Waals surface area (Å²) in [6.45, 7) is 3.70. The number of unbranched alkanes of at least 4 members (excludes halogenated alkanes) is 3. The van der Waals surface area contributed by atoms with E-state index in [1.165, 1.54) is 6.07 Å². The predicted molar refractivity (Wildman–Crippen MR) is 77.2 cm³/mol. The Morgan fingerprint density at radius 1 is 1.33 bits per heavy atom. The van der Waals surface area contributed by atoms with E-state index in [1.807, 2.05) is 0 Å². The summed E-state index contributed by atoms with van der Waals surface area (Å²) in [5, 5.41) is 10.7. The quantitative estimate of drug-likeness (QED) is 0.317. The second-order valence-corrected chi connectivity index (χ2v) is 4.79. The molecule has 1 rings (SSSR count). The topological polar surface area (TPSA) is 91.4 Å². The van der Waals surface area contributed by atoms with Crippen LogP contribution in [0.3, 0.4) is 0 Å². The lowest BCUT2D eigenvalue weighted by molar-refractivity contribution is -0.386. The monoisotopic (exact) mass is 296 g/mol. The Kier molecular flexibility index (Phi) is 6.58. The highest BCUT2D eigenvalue weighted by atomic mass is 16.6. The third-order valence-corrected chi connectivity index (χ3v) is 3.12. The number of aryl methyl sites for hydroxylation is 1. The van der Waals surface area contributed by atoms with Gasteiger partial charge in [0.25, 0.3) is 0 Å². The molecule has 0 amide bonds. The van der Waals surface area contributed by atoms with Crippen LogP contribution in [-0.2, 0) is 16.1 Å². The number of aromatic nitrogens is 1. The van der Waals surface area contributed by atoms with E-state index in [1.54, 1.807) is 6.92 Å². The Hall–Kier alpha value is -2.18. The summed E-state index contributed by atoms with van der Waals surface area (Å²) in [7, 11) is 0. The first-order valence-corrected chi connectivity index (χ1v) is 6.97. The molecule has 0 aliphatic rings. The SMILES string of the molecule is CCCCCCOC(=O)Cn1c(C)ccc([N+](=O)[O-])c1=O. The summed E-state index contributed by atoms with van der Waals surface area (Å²) in [6, 6.07) is 2.58. The molecule has 0 atom stereocenters. The molecule has 21 heavy (non-hydrogen) atoms. The molecule has 0 radical (unpaired) electrons. The third kappa shape index (κ3) is 5.02. The van der Waals surface area contributed by atoms with Crippen molar-refractivity contribution in [2.45, 2.75) is 46.1 Å². The second kappa shape index (κ2) is 8.18. The number of carbonyl (C=O) groups excluding carboxylic acids is 1. The normalized spacial score (nSPS) is 10.4. The van der Waals surface area contributed by atoms with Crippen LogP contribution in [0.5, 0.6) is 0 Å². The Morgan fingerprint density at radius 2 is 2.05 bits per heavy atom. The zero-order chi connectivity index (χ0) is 15.8. The minimum absolute atomic E-state index is 0.305. The second-order valence-electron chi connectivity index (χ2n) is 4.79. The van der Waals surface area contributed by atoms with Crippen molar-refractivity contribution in [1.82, 2.24) is 4.57 Å². The van der Waals surface area contributed by atoms with Gasteiger partial charge in [-0.1, -0.05) is 26.2 Å². The molecule has 0 spiro atoms. The molecule has 0 aliphatic heterocycles. The van der Waals surface area contributed by atoms with Gasteiger partial charge in [0.1, 0.15) is 6.54 Å². The molecule has 0 aromatic carbocycles. The van der Waals surface area contributed by atoms with Crippen LogP contribution in [-0.4, -0.2) is 22.1 Å². The van der Waals surface area contributed by atoms with Crippen molar-refractivity contribution in [2.75, 3.05) is 6.61 Å². The lowest BCUT2D eigenvalue weighted by Gasteiger charge is -2.09. The van der Waals surface area contributed by atoms with Crippen molar-refractivity contribution >= 4 is 11.7 Å². The number of carbonyl (C=O) groups is 1. The maximum Gasteiger partial charge on any atom is 0.334 e. The van der Waals surface area contributed by atoms with E-state index in [9.17, 15) is 19.7 Å². The number of esters is 1. The predicted octanol–water partition coefficient (Wildman–Crippen LogP) is 2.19. The third-order valence-electron chi connectivity index (χ3n) is 3.12. The summed E-state index contributed by atoms with van der Waals surface area (Å²) < 4.78 is 6.10. The molecular formula is C14H20N2O5. The summed E-state index contributed by atoms with van der Waals surface area (Å²) in [5.41, 5.74) is -0.854. The van der Waals surface area contributed by atoms with E-state index in [0.29, 0.717) is 12.3 Å². The molecule has 0 aliphatic carbocycles. The molecule has 1 heterocycles. The van der Waals surface area contributed by atoms with Crippen LogP contribution in [0.2, 0.25) is 0 Å². The molecule has 0 unspecified atom stereocenters. The number of nitrogens with zero attached hydrogens (tertiary/aromatic N) is 2. The fraction of sp³-hybridized carbons (Fsp3) is 0.571.